The molecule has 4 nitrogen and oxygen atoms in total. The number of nitrogens with zero attached hydrogens (tertiary/aromatic N) is 3. The van der Waals surface area contributed by atoms with E-state index in [-0.39, 0.29) is 0 Å². The Kier molecular flexibility index (Phi) is 1.84. The zero-order chi connectivity index (χ0) is 8.55. The molecule has 0 radical (unpaired) electrons. The molecule has 0 spiro atoms. The lowest BCUT2D eigenvalue weighted by Gasteiger charge is -2.19. The Morgan fingerprint density at radius 3 is 3.25 bits per heavy atom. The highest BCUT2D eigenvalue weighted by Gasteiger charge is 2.21. The van der Waals surface area contributed by atoms with Gasteiger partial charge in [-0.1, -0.05) is 5.21 Å². The van der Waals surface area contributed by atoms with E-state index in [1.54, 1.807) is 0 Å². The molecule has 1 heterocycles. The van der Waals surface area contributed by atoms with Gasteiger partial charge in [-0.3, -0.25) is 4.68 Å². The maximum Gasteiger partial charge on any atom is 0.0862 e. The van der Waals surface area contributed by atoms with Crippen molar-refractivity contribution in [2.45, 2.75) is 19.3 Å². The Morgan fingerprint density at radius 2 is 2.50 bits per heavy atom. The monoisotopic (exact) mass is 166 g/mol. The summed E-state index contributed by atoms with van der Waals surface area (Å²) in [4.78, 5) is 0. The molecule has 0 fully saturated rings. The predicted molar refractivity (Wildman–Crippen MR) is 45.6 cm³/mol. The molecule has 66 valence electrons. The first kappa shape index (κ1) is 7.73. The number of hydrogen-bond donors (Lipinski definition) is 1. The van der Waals surface area contributed by atoms with E-state index >= 15 is 0 Å². The smallest absolute Gasteiger partial charge is 0.0862 e. The lowest BCUT2D eigenvalue weighted by Crippen LogP contribution is -2.22. The van der Waals surface area contributed by atoms with Crippen LogP contribution in [0.5, 0.6) is 0 Å². The molecule has 12 heavy (non-hydrogen) atoms. The highest BCUT2D eigenvalue weighted by atomic mass is 15.4. The fourth-order valence-electron chi connectivity index (χ4n) is 1.80. The van der Waals surface area contributed by atoms with E-state index in [1.807, 2.05) is 11.7 Å². The molecule has 0 bridgehead atoms. The maximum absolute atomic E-state index is 5.61. The highest BCUT2D eigenvalue weighted by Crippen LogP contribution is 2.22. The van der Waals surface area contributed by atoms with Crippen molar-refractivity contribution < 1.29 is 0 Å². The lowest BCUT2D eigenvalue weighted by atomic mass is 9.90. The summed E-state index contributed by atoms with van der Waals surface area (Å²) >= 11 is 0. The van der Waals surface area contributed by atoms with Gasteiger partial charge < -0.3 is 5.73 Å². The fourth-order valence-corrected chi connectivity index (χ4v) is 1.80. The second kappa shape index (κ2) is 2.86. The lowest BCUT2D eigenvalue weighted by molar-refractivity contribution is 0.455. The van der Waals surface area contributed by atoms with E-state index in [2.05, 4.69) is 10.3 Å². The van der Waals surface area contributed by atoms with Gasteiger partial charge in [0.25, 0.3) is 0 Å². The van der Waals surface area contributed by atoms with Crippen LogP contribution in [0.3, 0.4) is 0 Å². The van der Waals surface area contributed by atoms with Gasteiger partial charge in [0.15, 0.2) is 0 Å². The van der Waals surface area contributed by atoms with Gasteiger partial charge >= 0.3 is 0 Å². The first-order valence-electron chi connectivity index (χ1n) is 4.38. The van der Waals surface area contributed by atoms with Gasteiger partial charge in [0.1, 0.15) is 0 Å². The number of hydrogen-bond acceptors (Lipinski definition) is 3. The summed E-state index contributed by atoms with van der Waals surface area (Å²) in [6.45, 7) is 0.774. The average molecular weight is 166 g/mol. The van der Waals surface area contributed by atoms with E-state index in [4.69, 9.17) is 5.73 Å². The Balaban J connectivity index is 2.24. The molecule has 4 heteroatoms. The number of fused-ring (bicyclic) bond motifs is 1. The van der Waals surface area contributed by atoms with Crippen LogP contribution in [0.15, 0.2) is 0 Å². The van der Waals surface area contributed by atoms with Crippen molar-refractivity contribution in [3.63, 3.8) is 0 Å². The molecular formula is C8H14N4. The van der Waals surface area contributed by atoms with Gasteiger partial charge in [-0.05, 0) is 31.7 Å². The van der Waals surface area contributed by atoms with Gasteiger partial charge in [-0.2, -0.15) is 0 Å². The van der Waals surface area contributed by atoms with Crippen molar-refractivity contribution in [3.05, 3.63) is 11.4 Å². The van der Waals surface area contributed by atoms with Crippen LogP contribution < -0.4 is 5.73 Å². The molecule has 1 aliphatic carbocycles. The summed E-state index contributed by atoms with van der Waals surface area (Å²) in [5.41, 5.74) is 8.06. The van der Waals surface area contributed by atoms with Crippen molar-refractivity contribution in [1.29, 1.82) is 0 Å². The molecule has 1 atom stereocenters. The normalized spacial score (nSPS) is 22.3. The van der Waals surface area contributed by atoms with E-state index < -0.39 is 0 Å². The van der Waals surface area contributed by atoms with Crippen molar-refractivity contribution in [2.24, 2.45) is 18.7 Å². The average Bonchev–Trinajstić information content (AvgIpc) is 2.47. The maximum atomic E-state index is 5.61. The zero-order valence-electron chi connectivity index (χ0n) is 7.32. The van der Waals surface area contributed by atoms with Crippen molar-refractivity contribution in [3.8, 4) is 0 Å². The number of aryl methyl sites for hydroxylation is 1. The Morgan fingerprint density at radius 1 is 1.67 bits per heavy atom. The third-order valence-corrected chi connectivity index (χ3v) is 2.63. The SMILES string of the molecule is Cn1nnc2c1CCC(CN)C2. The highest BCUT2D eigenvalue weighted by molar-refractivity contribution is 5.14. The third kappa shape index (κ3) is 1.12. The van der Waals surface area contributed by atoms with Crippen LogP contribution >= 0.6 is 0 Å². The van der Waals surface area contributed by atoms with Gasteiger partial charge in [0.2, 0.25) is 0 Å². The topological polar surface area (TPSA) is 56.7 Å². The van der Waals surface area contributed by atoms with E-state index in [0.29, 0.717) is 5.92 Å². The summed E-state index contributed by atoms with van der Waals surface area (Å²) < 4.78 is 1.88. The van der Waals surface area contributed by atoms with E-state index in [1.165, 1.54) is 12.1 Å². The van der Waals surface area contributed by atoms with Crippen LogP contribution in [0.4, 0.5) is 0 Å². The number of aromatic nitrogens is 3. The van der Waals surface area contributed by atoms with Gasteiger partial charge in [-0.25, -0.2) is 0 Å². The van der Waals surface area contributed by atoms with Crippen LogP contribution in [-0.2, 0) is 19.9 Å². The van der Waals surface area contributed by atoms with Crippen LogP contribution in [0, 0.1) is 5.92 Å². The molecule has 2 rings (SSSR count). The molecule has 0 aliphatic heterocycles. The number of nitrogens with two attached hydrogens (primary N) is 1. The predicted octanol–water partition coefficient (Wildman–Crippen LogP) is -0.121. The molecule has 2 N–H and O–H groups in total. The van der Waals surface area contributed by atoms with Gasteiger partial charge in [0.05, 0.1) is 11.4 Å². The van der Waals surface area contributed by atoms with Crippen LogP contribution in [0.2, 0.25) is 0 Å². The Labute approximate surface area is 71.8 Å². The first-order valence-corrected chi connectivity index (χ1v) is 4.38. The van der Waals surface area contributed by atoms with Gasteiger partial charge in [0, 0.05) is 7.05 Å². The molecule has 0 amide bonds. The molecule has 1 aliphatic rings. The minimum atomic E-state index is 0.620. The quantitative estimate of drug-likeness (QED) is 0.632. The van der Waals surface area contributed by atoms with E-state index in [0.717, 1.165) is 25.1 Å². The standard InChI is InChI=1S/C8H14N4/c1-12-8-3-2-6(5-9)4-7(8)10-11-12/h6H,2-5,9H2,1H3. The second-order valence-electron chi connectivity index (χ2n) is 3.45. The second-order valence-corrected chi connectivity index (χ2v) is 3.45. The van der Waals surface area contributed by atoms with Crippen molar-refractivity contribution in [1.82, 2.24) is 15.0 Å². The first-order chi connectivity index (χ1) is 5.81. The minimum absolute atomic E-state index is 0.620. The number of rotatable bonds is 1. The summed E-state index contributed by atoms with van der Waals surface area (Å²) in [6.07, 6.45) is 3.28. The largest absolute Gasteiger partial charge is 0.330 e. The van der Waals surface area contributed by atoms with Gasteiger partial charge in [-0.15, -0.1) is 5.10 Å². The Bertz CT molecular complexity index is 279. The third-order valence-electron chi connectivity index (χ3n) is 2.63. The molecular weight excluding hydrogens is 152 g/mol. The molecule has 1 aromatic rings. The van der Waals surface area contributed by atoms with Crippen molar-refractivity contribution >= 4 is 0 Å². The zero-order valence-corrected chi connectivity index (χ0v) is 7.32. The van der Waals surface area contributed by atoms with Crippen LogP contribution in [0.25, 0.3) is 0 Å². The molecule has 1 unspecified atom stereocenters. The summed E-state index contributed by atoms with van der Waals surface area (Å²) in [6, 6.07) is 0. The summed E-state index contributed by atoms with van der Waals surface area (Å²) in [5, 5.41) is 8.10. The Hall–Kier alpha value is -0.900. The summed E-state index contributed by atoms with van der Waals surface area (Å²) in [7, 11) is 1.95. The van der Waals surface area contributed by atoms with E-state index in [9.17, 15) is 0 Å². The molecule has 1 aromatic heterocycles. The molecule has 0 saturated heterocycles. The molecule has 0 saturated carbocycles. The summed E-state index contributed by atoms with van der Waals surface area (Å²) in [5.74, 6) is 0.620. The minimum Gasteiger partial charge on any atom is -0.330 e. The van der Waals surface area contributed by atoms with Crippen LogP contribution in [-0.4, -0.2) is 21.5 Å². The van der Waals surface area contributed by atoms with Crippen LogP contribution in [0.1, 0.15) is 17.8 Å². The van der Waals surface area contributed by atoms with Crippen molar-refractivity contribution in [2.75, 3.05) is 6.54 Å². The fraction of sp³-hybridized carbons (Fsp3) is 0.750. The molecule has 0 aromatic carbocycles.